The third-order valence-electron chi connectivity index (χ3n) is 13.7. The number of phosphoric acid groups is 1. The van der Waals surface area contributed by atoms with E-state index in [4.69, 9.17) is 13.8 Å². The lowest BCUT2D eigenvalue weighted by atomic mass is 10.1. The van der Waals surface area contributed by atoms with E-state index in [1.54, 1.807) is 0 Å². The number of allylic oxidation sites excluding steroid dienone is 17. The Bertz CT molecular complexity index is 1720. The van der Waals surface area contributed by atoms with Gasteiger partial charge >= 0.3 is 13.8 Å². The molecule has 0 spiro atoms. The van der Waals surface area contributed by atoms with Gasteiger partial charge in [0.1, 0.15) is 19.3 Å². The van der Waals surface area contributed by atoms with Gasteiger partial charge in [0.05, 0.1) is 33.8 Å². The maximum Gasteiger partial charge on any atom is 0.472 e. The molecule has 454 valence electrons. The highest BCUT2D eigenvalue weighted by molar-refractivity contribution is 7.47. The average molecular weight is 1120 g/mol. The molecule has 0 aliphatic rings. The number of ether oxygens (including phenoxy) is 1. The first-order chi connectivity index (χ1) is 38.4. The molecule has 0 aromatic heterocycles. The van der Waals surface area contributed by atoms with E-state index in [0.717, 1.165) is 135 Å². The molecule has 0 fully saturated rings. The normalized spacial score (nSPS) is 14.4. The fourth-order valence-electron chi connectivity index (χ4n) is 8.74. The maximum absolute atomic E-state index is 13.6. The highest BCUT2D eigenvalue weighted by Crippen LogP contribution is 2.43. The highest BCUT2D eigenvalue weighted by Gasteiger charge is 2.30. The van der Waals surface area contributed by atoms with Gasteiger partial charge in [-0.2, -0.15) is 0 Å². The van der Waals surface area contributed by atoms with Crippen LogP contribution < -0.4 is 5.32 Å². The predicted octanol–water partition coefficient (Wildman–Crippen LogP) is 20.1. The molecule has 0 aliphatic carbocycles. The summed E-state index contributed by atoms with van der Waals surface area (Å²) in [5, 5.41) is 3.04. The number of hydrogen-bond donors (Lipinski definition) is 2. The Balaban J connectivity index is 5.23. The van der Waals surface area contributed by atoms with Crippen LogP contribution in [0.15, 0.2) is 109 Å². The molecule has 0 aromatic carbocycles. The van der Waals surface area contributed by atoms with E-state index in [9.17, 15) is 19.0 Å². The summed E-state index contributed by atoms with van der Waals surface area (Å²) in [6, 6.07) is -0.869. The van der Waals surface area contributed by atoms with Crippen molar-refractivity contribution in [3.05, 3.63) is 109 Å². The lowest BCUT2D eigenvalue weighted by Gasteiger charge is -2.27. The van der Waals surface area contributed by atoms with Gasteiger partial charge in [-0.15, -0.1) is 0 Å². The van der Waals surface area contributed by atoms with E-state index in [2.05, 4.69) is 123 Å². The van der Waals surface area contributed by atoms with Gasteiger partial charge in [0.2, 0.25) is 5.91 Å². The Labute approximate surface area is 487 Å². The summed E-state index contributed by atoms with van der Waals surface area (Å²) >= 11 is 0. The number of carbonyl (C=O) groups excluding carboxylic acids is 2. The van der Waals surface area contributed by atoms with Crippen LogP contribution in [0.4, 0.5) is 0 Å². The quantitative estimate of drug-likeness (QED) is 0.0205. The van der Waals surface area contributed by atoms with Crippen LogP contribution in [0.3, 0.4) is 0 Å². The SMILES string of the molecule is CC/C=C\C/C=C\C/C=C\C/C=C\C/C=C\CCCCCCCC(=O)NC(COP(=O)(O)OCC[N+](C)(C)C)C(/C=C/CCCCCCCCCCC)OC(=O)CCCCCCCCCC/C=C\C/C=C\C/C=C\CCCCC. The van der Waals surface area contributed by atoms with E-state index in [1.807, 2.05) is 33.3 Å². The van der Waals surface area contributed by atoms with Crippen LogP contribution in [0, 0.1) is 0 Å². The molecular formula is C69H122N2O7P+. The van der Waals surface area contributed by atoms with Crippen LogP contribution in [0.1, 0.15) is 265 Å². The largest absolute Gasteiger partial charge is 0.472 e. The van der Waals surface area contributed by atoms with Crippen molar-refractivity contribution in [1.82, 2.24) is 5.32 Å². The summed E-state index contributed by atoms with van der Waals surface area (Å²) in [7, 11) is 1.46. The number of nitrogens with zero attached hydrogens (tertiary/aromatic N) is 1. The van der Waals surface area contributed by atoms with E-state index in [1.165, 1.54) is 96.3 Å². The number of nitrogens with one attached hydrogen (secondary N) is 1. The monoisotopic (exact) mass is 1120 g/mol. The fraction of sp³-hybridized carbons (Fsp3) is 0.710. The van der Waals surface area contributed by atoms with Gasteiger partial charge in [-0.25, -0.2) is 4.57 Å². The Morgan fingerprint density at radius 3 is 1.24 bits per heavy atom. The van der Waals surface area contributed by atoms with Crippen LogP contribution in [0.2, 0.25) is 0 Å². The number of unbranched alkanes of at least 4 members (excludes halogenated alkanes) is 25. The molecule has 1 amide bonds. The molecule has 0 bridgehead atoms. The summed E-state index contributed by atoms with van der Waals surface area (Å²) < 4.78 is 30.7. The smallest absolute Gasteiger partial charge is 0.456 e. The van der Waals surface area contributed by atoms with Gasteiger partial charge in [0, 0.05) is 12.8 Å². The number of hydrogen-bond acceptors (Lipinski definition) is 6. The first-order valence-corrected chi connectivity index (χ1v) is 33.7. The van der Waals surface area contributed by atoms with E-state index >= 15 is 0 Å². The van der Waals surface area contributed by atoms with Gasteiger partial charge in [0.15, 0.2) is 0 Å². The Morgan fingerprint density at radius 2 is 0.810 bits per heavy atom. The number of rotatable bonds is 57. The van der Waals surface area contributed by atoms with Crippen molar-refractivity contribution < 1.29 is 37.3 Å². The fourth-order valence-corrected chi connectivity index (χ4v) is 9.47. The van der Waals surface area contributed by atoms with Gasteiger partial charge in [-0.3, -0.25) is 18.6 Å². The average Bonchev–Trinajstić information content (AvgIpc) is 3.41. The maximum atomic E-state index is 13.6. The van der Waals surface area contributed by atoms with Crippen LogP contribution in [-0.2, 0) is 27.9 Å². The zero-order valence-electron chi connectivity index (χ0n) is 51.8. The van der Waals surface area contributed by atoms with Crippen LogP contribution >= 0.6 is 7.82 Å². The molecule has 10 heteroatoms. The predicted molar refractivity (Wildman–Crippen MR) is 341 cm³/mol. The molecule has 0 rings (SSSR count). The van der Waals surface area contributed by atoms with Crippen molar-refractivity contribution in [1.29, 1.82) is 0 Å². The zero-order chi connectivity index (χ0) is 57.9. The van der Waals surface area contributed by atoms with Gasteiger partial charge in [0.25, 0.3) is 0 Å². The lowest BCUT2D eigenvalue weighted by molar-refractivity contribution is -0.870. The topological polar surface area (TPSA) is 111 Å². The van der Waals surface area contributed by atoms with Gasteiger partial charge in [-0.05, 0) is 115 Å². The number of quaternary nitrogens is 1. The van der Waals surface area contributed by atoms with Crippen molar-refractivity contribution in [2.45, 2.75) is 277 Å². The van der Waals surface area contributed by atoms with Crippen molar-refractivity contribution >= 4 is 19.7 Å². The molecule has 3 atom stereocenters. The summed E-state index contributed by atoms with van der Waals surface area (Å²) in [6.07, 6.45) is 79.4. The molecule has 3 unspecified atom stereocenters. The minimum Gasteiger partial charge on any atom is -0.456 e. The minimum absolute atomic E-state index is 0.0293. The number of amides is 1. The van der Waals surface area contributed by atoms with Gasteiger partial charge < -0.3 is 19.4 Å². The molecule has 0 saturated heterocycles. The summed E-state index contributed by atoms with van der Waals surface area (Å²) in [5.74, 6) is -0.540. The summed E-state index contributed by atoms with van der Waals surface area (Å²) in [6.45, 7) is 6.84. The molecule has 0 saturated carbocycles. The summed E-state index contributed by atoms with van der Waals surface area (Å²) in [4.78, 5) is 37.8. The standard InChI is InChI=1S/C69H121N2O7P/c1-7-10-13-16-19-22-25-27-29-31-33-35-37-39-41-43-46-49-52-55-58-61-68(72)70-66(65-77-79(74,75)76-64-63-71(4,5)6)67(60-57-54-51-48-45-24-21-18-15-12-9-3)78-69(73)62-59-56-53-50-47-44-42-40-38-36-34-32-30-28-26-23-20-17-14-11-8-2/h10,13,19-20,22-23,27-30,33-36,39,41,57,60,66-67H,7-9,11-12,14-18,21,24-26,31-32,37-38,40,42-56,58-59,61-65H2,1-6H3,(H-,70,72,74,75)/p+1/b13-10-,22-19-,23-20-,29-27-,30-28-,35-33-,36-34-,41-39-,60-57+. The molecule has 0 aliphatic heterocycles. The van der Waals surface area contributed by atoms with Crippen molar-refractivity contribution in [2.24, 2.45) is 0 Å². The Kier molecular flexibility index (Phi) is 55.4. The van der Waals surface area contributed by atoms with E-state index in [0.29, 0.717) is 17.4 Å². The van der Waals surface area contributed by atoms with Crippen molar-refractivity contribution in [2.75, 3.05) is 40.9 Å². The van der Waals surface area contributed by atoms with Crippen molar-refractivity contribution in [3.8, 4) is 0 Å². The van der Waals surface area contributed by atoms with Crippen LogP contribution in [-0.4, -0.2) is 74.3 Å². The van der Waals surface area contributed by atoms with E-state index in [-0.39, 0.29) is 31.5 Å². The van der Waals surface area contributed by atoms with Gasteiger partial charge in [-0.1, -0.05) is 246 Å². The molecule has 0 aromatic rings. The Hall–Kier alpha value is -3.33. The third-order valence-corrected chi connectivity index (χ3v) is 14.7. The second-order valence-electron chi connectivity index (χ2n) is 22.5. The molecule has 9 nitrogen and oxygen atoms in total. The van der Waals surface area contributed by atoms with Crippen molar-refractivity contribution in [3.63, 3.8) is 0 Å². The lowest BCUT2D eigenvalue weighted by Crippen LogP contribution is -2.47. The third kappa shape index (κ3) is 59.1. The summed E-state index contributed by atoms with van der Waals surface area (Å²) in [5.41, 5.74) is 0. The van der Waals surface area contributed by atoms with Crippen LogP contribution in [0.25, 0.3) is 0 Å². The van der Waals surface area contributed by atoms with Crippen LogP contribution in [0.5, 0.6) is 0 Å². The molecule has 0 heterocycles. The second kappa shape index (κ2) is 57.9. The highest BCUT2D eigenvalue weighted by atomic mass is 31.2. The number of likely N-dealkylation sites (N-methyl/N-ethyl adjacent to an activating group) is 1. The minimum atomic E-state index is -4.46. The second-order valence-corrected chi connectivity index (χ2v) is 24.0. The molecule has 79 heavy (non-hydrogen) atoms. The first-order valence-electron chi connectivity index (χ1n) is 32.2. The van der Waals surface area contributed by atoms with E-state index < -0.39 is 20.0 Å². The number of esters is 1. The number of carbonyl (C=O) groups is 2. The molecule has 0 radical (unpaired) electrons. The molecular weight excluding hydrogens is 1000 g/mol. The number of phosphoric ester groups is 1. The first kappa shape index (κ1) is 75.7. The zero-order valence-corrected chi connectivity index (χ0v) is 52.7. The Morgan fingerprint density at radius 1 is 0.456 bits per heavy atom. The molecule has 2 N–H and O–H groups in total.